The van der Waals surface area contributed by atoms with Crippen LogP contribution in [0, 0.1) is 11.6 Å². The van der Waals surface area contributed by atoms with Crippen molar-refractivity contribution in [1.29, 1.82) is 0 Å². The lowest BCUT2D eigenvalue weighted by Gasteiger charge is -2.13. The number of anilines is 1. The molecule has 1 unspecified atom stereocenters. The van der Waals surface area contributed by atoms with Crippen LogP contribution in [0.2, 0.25) is 5.02 Å². The SMILES string of the molecule is O=C(Nc1ccc(F)c(F)c1)c1cc(S(=O)(=O)C2CCS(=O)(=O)C2)ccc1Cl. The van der Waals surface area contributed by atoms with Gasteiger partial charge in [0.2, 0.25) is 0 Å². The average molecular weight is 450 g/mol. The number of sulfone groups is 2. The highest BCUT2D eigenvalue weighted by Crippen LogP contribution is 2.28. The third-order valence-corrected chi connectivity index (χ3v) is 8.82. The van der Waals surface area contributed by atoms with Gasteiger partial charge in [-0.25, -0.2) is 25.6 Å². The Bertz CT molecular complexity index is 1170. The zero-order valence-corrected chi connectivity index (χ0v) is 16.5. The van der Waals surface area contributed by atoms with E-state index < -0.39 is 48.2 Å². The first kappa shape index (κ1) is 20.7. The largest absolute Gasteiger partial charge is 0.322 e. The minimum atomic E-state index is -4.00. The molecule has 1 N–H and O–H groups in total. The van der Waals surface area contributed by atoms with E-state index in [-0.39, 0.29) is 33.3 Å². The number of benzene rings is 2. The van der Waals surface area contributed by atoms with Gasteiger partial charge in [-0.2, -0.15) is 0 Å². The first-order valence-corrected chi connectivity index (χ1v) is 11.7. The van der Waals surface area contributed by atoms with E-state index in [4.69, 9.17) is 11.6 Å². The average Bonchev–Trinajstić information content (AvgIpc) is 2.99. The van der Waals surface area contributed by atoms with Crippen molar-refractivity contribution in [3.63, 3.8) is 0 Å². The Kier molecular flexibility index (Phi) is 5.48. The number of amides is 1. The maximum Gasteiger partial charge on any atom is 0.257 e. The molecule has 0 bridgehead atoms. The number of nitrogens with one attached hydrogen (secondary N) is 1. The fourth-order valence-corrected chi connectivity index (χ4v) is 7.41. The summed E-state index contributed by atoms with van der Waals surface area (Å²) in [6, 6.07) is 6.17. The Morgan fingerprint density at radius 3 is 2.43 bits per heavy atom. The van der Waals surface area contributed by atoms with E-state index in [9.17, 15) is 30.4 Å². The normalized spacial score (nSPS) is 18.8. The van der Waals surface area contributed by atoms with E-state index in [1.807, 2.05) is 0 Å². The first-order valence-electron chi connectivity index (χ1n) is 8.00. The van der Waals surface area contributed by atoms with Crippen molar-refractivity contribution in [1.82, 2.24) is 0 Å². The van der Waals surface area contributed by atoms with Gasteiger partial charge in [-0.3, -0.25) is 4.79 Å². The van der Waals surface area contributed by atoms with E-state index in [0.29, 0.717) is 0 Å². The lowest BCUT2D eigenvalue weighted by atomic mass is 10.2. The number of rotatable bonds is 4. The summed E-state index contributed by atoms with van der Waals surface area (Å²) in [5, 5.41) is 1.15. The molecule has 2 aromatic rings. The second kappa shape index (κ2) is 7.41. The van der Waals surface area contributed by atoms with Gasteiger partial charge in [-0.05, 0) is 36.8 Å². The molecule has 1 heterocycles. The minimum Gasteiger partial charge on any atom is -0.322 e. The highest BCUT2D eigenvalue weighted by atomic mass is 35.5. The molecular formula is C17H14ClF2NO5S2. The van der Waals surface area contributed by atoms with Crippen LogP contribution < -0.4 is 5.32 Å². The smallest absolute Gasteiger partial charge is 0.257 e. The van der Waals surface area contributed by atoms with Gasteiger partial charge in [0.05, 0.1) is 32.2 Å². The van der Waals surface area contributed by atoms with Crippen LogP contribution in [0.15, 0.2) is 41.3 Å². The maximum atomic E-state index is 13.3. The standard InChI is InChI=1S/C17H14ClF2NO5S2/c18-14-3-2-11(28(25,26)12-5-6-27(23,24)9-12)8-13(14)17(22)21-10-1-4-15(19)16(20)7-10/h1-4,7-8,12H,5-6,9H2,(H,21,22). The van der Waals surface area contributed by atoms with Gasteiger partial charge in [0, 0.05) is 11.8 Å². The van der Waals surface area contributed by atoms with Gasteiger partial charge in [-0.15, -0.1) is 0 Å². The lowest BCUT2D eigenvalue weighted by molar-refractivity contribution is 0.102. The molecular weight excluding hydrogens is 436 g/mol. The molecule has 1 saturated heterocycles. The molecule has 0 spiro atoms. The minimum absolute atomic E-state index is 0.0241. The van der Waals surface area contributed by atoms with Crippen molar-refractivity contribution >= 4 is 42.9 Å². The molecule has 0 aliphatic carbocycles. The van der Waals surface area contributed by atoms with Crippen molar-refractivity contribution in [3.8, 4) is 0 Å². The zero-order chi connectivity index (χ0) is 20.7. The molecule has 1 fully saturated rings. The summed E-state index contributed by atoms with van der Waals surface area (Å²) < 4.78 is 74.9. The van der Waals surface area contributed by atoms with Gasteiger partial charge >= 0.3 is 0 Å². The molecule has 3 rings (SSSR count). The second-order valence-corrected chi connectivity index (χ2v) is 11.2. The molecule has 11 heteroatoms. The second-order valence-electron chi connectivity index (χ2n) is 6.29. The lowest BCUT2D eigenvalue weighted by Crippen LogP contribution is -2.23. The monoisotopic (exact) mass is 449 g/mol. The highest BCUT2D eigenvalue weighted by Gasteiger charge is 2.38. The molecule has 0 aromatic heterocycles. The van der Waals surface area contributed by atoms with Crippen molar-refractivity contribution < 1.29 is 30.4 Å². The molecule has 1 amide bonds. The first-order chi connectivity index (χ1) is 13.0. The summed E-state index contributed by atoms with van der Waals surface area (Å²) in [5.41, 5.74) is -0.247. The van der Waals surface area contributed by atoms with Crippen LogP contribution in [0.3, 0.4) is 0 Å². The quantitative estimate of drug-likeness (QED) is 0.774. The third kappa shape index (κ3) is 4.18. The van der Waals surface area contributed by atoms with Crippen LogP contribution in [0.1, 0.15) is 16.8 Å². The van der Waals surface area contributed by atoms with Gasteiger partial charge in [0.1, 0.15) is 0 Å². The number of halogens is 3. The highest BCUT2D eigenvalue weighted by molar-refractivity contribution is 7.96. The topological polar surface area (TPSA) is 97.4 Å². The Labute approximate surface area is 165 Å². The summed E-state index contributed by atoms with van der Waals surface area (Å²) >= 11 is 5.98. The Hall–Kier alpha value is -2.04. The van der Waals surface area contributed by atoms with E-state index in [2.05, 4.69) is 5.32 Å². The molecule has 0 saturated carbocycles. The fourth-order valence-electron chi connectivity index (χ4n) is 2.83. The molecule has 150 valence electrons. The number of carbonyl (C=O) groups is 1. The molecule has 0 radical (unpaired) electrons. The summed E-state index contributed by atoms with van der Waals surface area (Å²) in [7, 11) is -7.42. The Morgan fingerprint density at radius 1 is 1.11 bits per heavy atom. The summed E-state index contributed by atoms with van der Waals surface area (Å²) in [5.74, 6) is -3.77. The van der Waals surface area contributed by atoms with Gasteiger partial charge < -0.3 is 5.32 Å². The van der Waals surface area contributed by atoms with Crippen LogP contribution in [0.25, 0.3) is 0 Å². The van der Waals surface area contributed by atoms with Crippen LogP contribution in [-0.2, 0) is 19.7 Å². The van der Waals surface area contributed by atoms with Crippen molar-refractivity contribution in [2.45, 2.75) is 16.6 Å². The number of carbonyl (C=O) groups excluding carboxylic acids is 1. The fraction of sp³-hybridized carbons (Fsp3) is 0.235. The molecule has 1 aliphatic rings. The van der Waals surface area contributed by atoms with Crippen molar-refractivity contribution in [2.75, 3.05) is 16.8 Å². The van der Waals surface area contributed by atoms with E-state index >= 15 is 0 Å². The summed E-state index contributed by atoms with van der Waals surface area (Å²) in [6.07, 6.45) is -0.0241. The van der Waals surface area contributed by atoms with Gasteiger partial charge in [0.15, 0.2) is 31.3 Å². The predicted octanol–water partition coefficient (Wildman–Crippen LogP) is 2.83. The Morgan fingerprint density at radius 2 is 1.82 bits per heavy atom. The third-order valence-electron chi connectivity index (χ3n) is 4.32. The van der Waals surface area contributed by atoms with Crippen LogP contribution in [0.5, 0.6) is 0 Å². The predicted molar refractivity (Wildman–Crippen MR) is 100 cm³/mol. The molecule has 2 aromatic carbocycles. The molecule has 1 atom stereocenters. The molecule has 6 nitrogen and oxygen atoms in total. The van der Waals surface area contributed by atoms with E-state index in [1.54, 1.807) is 0 Å². The van der Waals surface area contributed by atoms with Crippen molar-refractivity contribution in [3.05, 3.63) is 58.6 Å². The van der Waals surface area contributed by atoms with E-state index in [1.165, 1.54) is 12.1 Å². The van der Waals surface area contributed by atoms with Gasteiger partial charge in [0.25, 0.3) is 5.91 Å². The molecule has 28 heavy (non-hydrogen) atoms. The summed E-state index contributed by atoms with van der Waals surface area (Å²) in [4.78, 5) is 12.2. The van der Waals surface area contributed by atoms with Crippen LogP contribution >= 0.6 is 11.6 Å². The van der Waals surface area contributed by atoms with Crippen molar-refractivity contribution in [2.24, 2.45) is 0 Å². The van der Waals surface area contributed by atoms with Gasteiger partial charge in [-0.1, -0.05) is 11.6 Å². The number of hydrogen-bond donors (Lipinski definition) is 1. The summed E-state index contributed by atoms with van der Waals surface area (Å²) in [6.45, 7) is 0. The number of hydrogen-bond acceptors (Lipinski definition) is 5. The van der Waals surface area contributed by atoms with Crippen LogP contribution in [0.4, 0.5) is 14.5 Å². The molecule has 1 aliphatic heterocycles. The van der Waals surface area contributed by atoms with E-state index in [0.717, 1.165) is 24.3 Å². The van der Waals surface area contributed by atoms with Crippen LogP contribution in [-0.4, -0.2) is 39.5 Å². The Balaban J connectivity index is 1.90. The maximum absolute atomic E-state index is 13.3. The zero-order valence-electron chi connectivity index (χ0n) is 14.2.